The topological polar surface area (TPSA) is 108 Å². The average Bonchev–Trinajstić information content (AvgIpc) is 2.38. The quantitative estimate of drug-likeness (QED) is 0.474. The Bertz CT molecular complexity index is 426. The van der Waals surface area contributed by atoms with E-state index in [2.05, 4.69) is 16.0 Å². The van der Waals surface area contributed by atoms with Gasteiger partial charge in [0, 0.05) is 6.54 Å². The molecule has 2 fully saturated rings. The Morgan fingerprint density at radius 3 is 2.63 bits per heavy atom. The molecule has 2 heterocycles. The van der Waals surface area contributed by atoms with Crippen LogP contribution in [-0.2, 0) is 19.2 Å². The van der Waals surface area contributed by atoms with E-state index >= 15 is 0 Å². The lowest BCUT2D eigenvalue weighted by Crippen LogP contribution is -2.65. The summed E-state index contributed by atoms with van der Waals surface area (Å²) in [6.45, 7) is 1.87. The molecule has 4 amide bonds. The number of carbonyl (C=O) groups excluding carboxylic acids is 4. The van der Waals surface area contributed by atoms with Gasteiger partial charge in [0.05, 0.1) is 6.54 Å². The monoisotopic (exact) mass is 268 g/mol. The number of imide groups is 1. The molecule has 2 unspecified atom stereocenters. The van der Waals surface area contributed by atoms with E-state index < -0.39 is 23.9 Å². The summed E-state index contributed by atoms with van der Waals surface area (Å²) in [7, 11) is 0. The smallest absolute Gasteiger partial charge is 0.249 e. The van der Waals surface area contributed by atoms with Gasteiger partial charge in [-0.1, -0.05) is 6.92 Å². The van der Waals surface area contributed by atoms with Crippen molar-refractivity contribution in [3.63, 3.8) is 0 Å². The Balaban J connectivity index is 2.09. The summed E-state index contributed by atoms with van der Waals surface area (Å²) < 4.78 is 0. The molecule has 0 aromatic carbocycles. The van der Waals surface area contributed by atoms with Gasteiger partial charge in [-0.2, -0.15) is 0 Å². The van der Waals surface area contributed by atoms with Gasteiger partial charge in [-0.05, 0) is 6.42 Å². The highest BCUT2D eigenvalue weighted by atomic mass is 16.2. The molecule has 2 saturated heterocycles. The summed E-state index contributed by atoms with van der Waals surface area (Å²) in [5.74, 6) is -1.45. The standard InChI is InChI=1S/C11H16N4O4/c1-2-7-10(18)14-9(17)5-15(7)11(19)6-3-13-8(16)4-12-6/h6-7,12H,2-5H2,1H3,(H,13,16)(H,14,17,18). The Kier molecular flexibility index (Phi) is 3.79. The molecule has 2 aliphatic heterocycles. The predicted molar refractivity (Wildman–Crippen MR) is 63.7 cm³/mol. The summed E-state index contributed by atoms with van der Waals surface area (Å²) in [4.78, 5) is 47.6. The number of nitrogens with one attached hydrogen (secondary N) is 3. The Morgan fingerprint density at radius 2 is 2.05 bits per heavy atom. The van der Waals surface area contributed by atoms with Crippen molar-refractivity contribution in [2.45, 2.75) is 25.4 Å². The summed E-state index contributed by atoms with van der Waals surface area (Å²) in [6, 6.07) is -1.23. The lowest BCUT2D eigenvalue weighted by atomic mass is 10.1. The zero-order chi connectivity index (χ0) is 14.0. The fourth-order valence-corrected chi connectivity index (χ4v) is 2.25. The van der Waals surface area contributed by atoms with Crippen molar-refractivity contribution < 1.29 is 19.2 Å². The Morgan fingerprint density at radius 1 is 1.32 bits per heavy atom. The van der Waals surface area contributed by atoms with Gasteiger partial charge in [0.25, 0.3) is 0 Å². The summed E-state index contributed by atoms with van der Waals surface area (Å²) >= 11 is 0. The molecule has 0 spiro atoms. The van der Waals surface area contributed by atoms with Crippen molar-refractivity contribution >= 4 is 23.6 Å². The molecule has 19 heavy (non-hydrogen) atoms. The number of piperazine rings is 2. The number of hydrogen-bond donors (Lipinski definition) is 3. The lowest BCUT2D eigenvalue weighted by Gasteiger charge is -2.36. The fraction of sp³-hybridized carbons (Fsp3) is 0.636. The number of amides is 4. The van der Waals surface area contributed by atoms with Crippen LogP contribution < -0.4 is 16.0 Å². The lowest BCUT2D eigenvalue weighted by molar-refractivity contribution is -0.151. The molecular formula is C11H16N4O4. The predicted octanol–water partition coefficient (Wildman–Crippen LogP) is -2.66. The van der Waals surface area contributed by atoms with Crippen LogP contribution in [0.5, 0.6) is 0 Å². The highest BCUT2D eigenvalue weighted by molar-refractivity contribution is 6.05. The van der Waals surface area contributed by atoms with E-state index in [9.17, 15) is 19.2 Å². The molecule has 2 atom stereocenters. The van der Waals surface area contributed by atoms with Gasteiger partial charge in [0.2, 0.25) is 23.6 Å². The zero-order valence-electron chi connectivity index (χ0n) is 10.6. The SMILES string of the molecule is CCC1C(=O)NC(=O)CN1C(=O)C1CNC(=O)CN1. The van der Waals surface area contributed by atoms with E-state index in [4.69, 9.17) is 0 Å². The van der Waals surface area contributed by atoms with Crippen molar-refractivity contribution in [3.05, 3.63) is 0 Å². The minimum Gasteiger partial charge on any atom is -0.353 e. The molecule has 0 saturated carbocycles. The van der Waals surface area contributed by atoms with Crippen molar-refractivity contribution in [2.24, 2.45) is 0 Å². The first kappa shape index (κ1) is 13.5. The van der Waals surface area contributed by atoms with Crippen LogP contribution in [0.1, 0.15) is 13.3 Å². The summed E-state index contributed by atoms with van der Waals surface area (Å²) in [5.41, 5.74) is 0. The third-order valence-electron chi connectivity index (χ3n) is 3.24. The van der Waals surface area contributed by atoms with E-state index in [1.54, 1.807) is 6.92 Å². The van der Waals surface area contributed by atoms with Crippen LogP contribution in [0, 0.1) is 0 Å². The van der Waals surface area contributed by atoms with Crippen LogP contribution in [0.15, 0.2) is 0 Å². The van der Waals surface area contributed by atoms with Crippen LogP contribution in [0.25, 0.3) is 0 Å². The first-order valence-electron chi connectivity index (χ1n) is 6.17. The van der Waals surface area contributed by atoms with Gasteiger partial charge in [-0.3, -0.25) is 29.8 Å². The minimum atomic E-state index is -0.635. The molecule has 0 aromatic heterocycles. The van der Waals surface area contributed by atoms with E-state index in [0.717, 1.165) is 0 Å². The molecule has 3 N–H and O–H groups in total. The third kappa shape index (κ3) is 2.73. The van der Waals surface area contributed by atoms with E-state index in [1.807, 2.05) is 0 Å². The largest absolute Gasteiger partial charge is 0.353 e. The second-order valence-electron chi connectivity index (χ2n) is 4.54. The molecular weight excluding hydrogens is 252 g/mol. The molecule has 0 aromatic rings. The third-order valence-corrected chi connectivity index (χ3v) is 3.24. The van der Waals surface area contributed by atoms with Gasteiger partial charge in [-0.25, -0.2) is 0 Å². The molecule has 8 heteroatoms. The van der Waals surface area contributed by atoms with Crippen LogP contribution in [0.2, 0.25) is 0 Å². The number of carbonyl (C=O) groups is 4. The molecule has 0 aliphatic carbocycles. The van der Waals surface area contributed by atoms with Gasteiger partial charge in [0.1, 0.15) is 18.6 Å². The normalized spacial score (nSPS) is 27.8. The van der Waals surface area contributed by atoms with Gasteiger partial charge in [0.15, 0.2) is 0 Å². The van der Waals surface area contributed by atoms with Crippen LogP contribution in [0.4, 0.5) is 0 Å². The summed E-state index contributed by atoms with van der Waals surface area (Å²) in [6.07, 6.45) is 0.434. The first-order chi connectivity index (χ1) is 9.02. The Hall–Kier alpha value is -1.96. The first-order valence-corrected chi connectivity index (χ1v) is 6.17. The van der Waals surface area contributed by atoms with Gasteiger partial charge < -0.3 is 10.2 Å². The minimum absolute atomic E-state index is 0.0567. The van der Waals surface area contributed by atoms with E-state index in [-0.39, 0.29) is 31.4 Å². The van der Waals surface area contributed by atoms with Gasteiger partial charge in [-0.15, -0.1) is 0 Å². The van der Waals surface area contributed by atoms with Crippen molar-refractivity contribution in [2.75, 3.05) is 19.6 Å². The van der Waals surface area contributed by atoms with E-state index in [0.29, 0.717) is 6.42 Å². The Labute approximate surface area is 109 Å². The molecule has 0 radical (unpaired) electrons. The van der Waals surface area contributed by atoms with Crippen LogP contribution in [-0.4, -0.2) is 60.2 Å². The zero-order valence-corrected chi connectivity index (χ0v) is 10.6. The maximum atomic E-state index is 12.3. The van der Waals surface area contributed by atoms with Crippen LogP contribution in [0.3, 0.4) is 0 Å². The van der Waals surface area contributed by atoms with Crippen LogP contribution >= 0.6 is 0 Å². The second-order valence-corrected chi connectivity index (χ2v) is 4.54. The number of rotatable bonds is 2. The molecule has 104 valence electrons. The van der Waals surface area contributed by atoms with Crippen molar-refractivity contribution in [1.82, 2.24) is 20.9 Å². The maximum Gasteiger partial charge on any atom is 0.249 e. The fourth-order valence-electron chi connectivity index (χ4n) is 2.25. The van der Waals surface area contributed by atoms with Crippen molar-refractivity contribution in [3.8, 4) is 0 Å². The highest BCUT2D eigenvalue weighted by Gasteiger charge is 2.38. The molecule has 2 aliphatic rings. The van der Waals surface area contributed by atoms with Crippen molar-refractivity contribution in [1.29, 1.82) is 0 Å². The second kappa shape index (κ2) is 5.35. The highest BCUT2D eigenvalue weighted by Crippen LogP contribution is 2.11. The number of hydrogen-bond acceptors (Lipinski definition) is 5. The van der Waals surface area contributed by atoms with Gasteiger partial charge >= 0.3 is 0 Å². The summed E-state index contributed by atoms with van der Waals surface area (Å²) in [5, 5.41) is 7.58. The molecule has 8 nitrogen and oxygen atoms in total. The molecule has 0 bridgehead atoms. The molecule has 2 rings (SSSR count). The maximum absolute atomic E-state index is 12.3. The average molecular weight is 268 g/mol. The van der Waals surface area contributed by atoms with E-state index in [1.165, 1.54) is 4.90 Å². The number of nitrogens with zero attached hydrogens (tertiary/aromatic N) is 1.